The third kappa shape index (κ3) is 7.05. The molecule has 0 aliphatic rings. The van der Waals surface area contributed by atoms with Crippen LogP contribution in [0.3, 0.4) is 0 Å². The summed E-state index contributed by atoms with van der Waals surface area (Å²) in [5.74, 6) is -1.64. The maximum atomic E-state index is 13.5. The third-order valence-corrected chi connectivity index (χ3v) is 3.64. The van der Waals surface area contributed by atoms with Gasteiger partial charge in [0.25, 0.3) is 5.91 Å². The molecule has 132 valence electrons. The molecular weight excluding hydrogens is 361 g/mol. The summed E-state index contributed by atoms with van der Waals surface area (Å²) in [6, 6.07) is 1.83. The number of hydrogen-bond donors (Lipinski definition) is 3. The van der Waals surface area contributed by atoms with Gasteiger partial charge in [-0.1, -0.05) is 11.6 Å². The Labute approximate surface area is 147 Å². The maximum absolute atomic E-state index is 13.5. The first-order valence-corrected chi connectivity index (χ1v) is 8.57. The Balaban J connectivity index is 2.55. The number of esters is 1. The number of nitrogens with one attached hydrogen (secondary N) is 2. The lowest BCUT2D eigenvalue weighted by atomic mass is 10.2. The van der Waals surface area contributed by atoms with Gasteiger partial charge in [-0.2, -0.15) is 11.8 Å². The molecule has 24 heavy (non-hydrogen) atoms. The van der Waals surface area contributed by atoms with Crippen molar-refractivity contribution < 1.29 is 23.5 Å². The van der Waals surface area contributed by atoms with Crippen LogP contribution in [-0.4, -0.2) is 42.6 Å². The van der Waals surface area contributed by atoms with Gasteiger partial charge in [0.2, 0.25) is 0 Å². The van der Waals surface area contributed by atoms with Crippen molar-refractivity contribution in [3.63, 3.8) is 0 Å². The Hall–Kier alpha value is -2.00. The van der Waals surface area contributed by atoms with Crippen LogP contribution in [0.15, 0.2) is 18.2 Å². The number of anilines is 1. The second kappa shape index (κ2) is 9.99. The highest BCUT2D eigenvalue weighted by Gasteiger charge is 2.22. The molecule has 0 aliphatic carbocycles. The van der Waals surface area contributed by atoms with Crippen LogP contribution in [0.4, 0.5) is 14.9 Å². The summed E-state index contributed by atoms with van der Waals surface area (Å²) in [6.07, 6.45) is 2.13. The molecule has 0 saturated heterocycles. The number of amides is 3. The number of ether oxygens (including phenoxy) is 1. The summed E-state index contributed by atoms with van der Waals surface area (Å²) in [7, 11) is 0. The molecule has 0 radical (unpaired) electrons. The maximum Gasteiger partial charge on any atom is 0.329 e. The molecule has 1 aromatic carbocycles. The predicted molar refractivity (Wildman–Crippen MR) is 90.5 cm³/mol. The number of urea groups is 1. The Kier molecular flexibility index (Phi) is 8.34. The summed E-state index contributed by atoms with van der Waals surface area (Å²) in [5, 5.41) is 4.73. The molecule has 10 heteroatoms. The van der Waals surface area contributed by atoms with Crippen LogP contribution in [0.2, 0.25) is 5.02 Å². The van der Waals surface area contributed by atoms with Crippen LogP contribution in [0.25, 0.3) is 0 Å². The van der Waals surface area contributed by atoms with E-state index in [1.807, 2.05) is 6.26 Å². The number of benzene rings is 1. The van der Waals surface area contributed by atoms with E-state index < -0.39 is 36.4 Å². The molecule has 1 atom stereocenters. The lowest BCUT2D eigenvalue weighted by Crippen LogP contribution is -2.45. The summed E-state index contributed by atoms with van der Waals surface area (Å²) < 4.78 is 18.3. The van der Waals surface area contributed by atoms with E-state index in [-0.39, 0.29) is 10.7 Å². The topological polar surface area (TPSA) is 111 Å². The molecule has 1 aromatic rings. The van der Waals surface area contributed by atoms with Gasteiger partial charge in [-0.3, -0.25) is 4.79 Å². The van der Waals surface area contributed by atoms with Crippen LogP contribution >= 0.6 is 23.4 Å². The number of carbonyl (C=O) groups is 3. The van der Waals surface area contributed by atoms with Crippen LogP contribution in [0.5, 0.6) is 0 Å². The molecule has 0 unspecified atom stereocenters. The first-order chi connectivity index (χ1) is 11.3. The molecule has 0 bridgehead atoms. The normalized spacial score (nSPS) is 11.5. The largest absolute Gasteiger partial charge is 0.454 e. The fraction of sp³-hybridized carbons (Fsp3) is 0.357. The molecule has 3 amide bonds. The SMILES string of the molecule is CSCC[C@H](NC(N)=O)C(=O)OCC(=O)Nc1cc(Cl)ccc1F. The van der Waals surface area contributed by atoms with E-state index in [0.717, 1.165) is 6.07 Å². The first-order valence-electron chi connectivity index (χ1n) is 6.80. The van der Waals surface area contributed by atoms with Gasteiger partial charge in [-0.25, -0.2) is 14.0 Å². The number of nitrogens with two attached hydrogens (primary N) is 1. The van der Waals surface area contributed by atoms with Gasteiger partial charge in [-0.05, 0) is 36.6 Å². The lowest BCUT2D eigenvalue weighted by molar-refractivity contribution is -0.149. The van der Waals surface area contributed by atoms with Gasteiger partial charge in [0.1, 0.15) is 11.9 Å². The summed E-state index contributed by atoms with van der Waals surface area (Å²) in [6.45, 7) is -0.638. The molecule has 0 heterocycles. The van der Waals surface area contributed by atoms with E-state index in [1.165, 1.54) is 23.9 Å². The average Bonchev–Trinajstić information content (AvgIpc) is 2.52. The van der Waals surface area contributed by atoms with Crippen molar-refractivity contribution in [3.05, 3.63) is 29.0 Å². The molecule has 7 nitrogen and oxygen atoms in total. The summed E-state index contributed by atoms with van der Waals surface area (Å²) in [5.41, 5.74) is 4.87. The first kappa shape index (κ1) is 20.0. The van der Waals surface area contributed by atoms with Crippen molar-refractivity contribution in [2.45, 2.75) is 12.5 Å². The summed E-state index contributed by atoms with van der Waals surface area (Å²) >= 11 is 7.18. The average molecular weight is 378 g/mol. The molecule has 4 N–H and O–H groups in total. The fourth-order valence-electron chi connectivity index (χ4n) is 1.67. The molecule has 0 aromatic heterocycles. The highest BCUT2D eigenvalue weighted by Crippen LogP contribution is 2.19. The molecule has 1 rings (SSSR count). The van der Waals surface area contributed by atoms with Crippen LogP contribution in [0.1, 0.15) is 6.42 Å². The number of carbonyl (C=O) groups excluding carboxylic acids is 3. The van der Waals surface area contributed by atoms with E-state index in [2.05, 4.69) is 10.6 Å². The number of thioether (sulfide) groups is 1. The second-order valence-corrected chi connectivity index (χ2v) is 6.04. The molecular formula is C14H17ClFN3O4S. The molecule has 0 spiro atoms. The van der Waals surface area contributed by atoms with Crippen LogP contribution in [0, 0.1) is 5.82 Å². The van der Waals surface area contributed by atoms with Crippen molar-refractivity contribution in [1.29, 1.82) is 0 Å². The van der Waals surface area contributed by atoms with Gasteiger partial charge in [0.05, 0.1) is 5.69 Å². The van der Waals surface area contributed by atoms with E-state index >= 15 is 0 Å². The monoisotopic (exact) mass is 377 g/mol. The number of rotatable bonds is 8. The van der Waals surface area contributed by atoms with Gasteiger partial charge in [0, 0.05) is 5.02 Å². The highest BCUT2D eigenvalue weighted by atomic mass is 35.5. The van der Waals surface area contributed by atoms with E-state index in [4.69, 9.17) is 22.1 Å². The number of primary amides is 1. The Morgan fingerprint density at radius 1 is 1.42 bits per heavy atom. The van der Waals surface area contributed by atoms with Crippen LogP contribution in [-0.2, 0) is 14.3 Å². The highest BCUT2D eigenvalue weighted by molar-refractivity contribution is 7.98. The lowest BCUT2D eigenvalue weighted by Gasteiger charge is -2.16. The van der Waals surface area contributed by atoms with Crippen molar-refractivity contribution in [2.75, 3.05) is 23.9 Å². The van der Waals surface area contributed by atoms with Gasteiger partial charge in [0.15, 0.2) is 6.61 Å². The number of halogens is 2. The molecule has 0 fully saturated rings. The smallest absolute Gasteiger partial charge is 0.329 e. The van der Waals surface area contributed by atoms with E-state index in [0.29, 0.717) is 12.2 Å². The van der Waals surface area contributed by atoms with Gasteiger partial charge < -0.3 is 21.1 Å². The quantitative estimate of drug-likeness (QED) is 0.598. The molecule has 0 aliphatic heterocycles. The minimum atomic E-state index is -0.953. The predicted octanol–water partition coefficient (Wildman–Crippen LogP) is 1.75. The molecule has 0 saturated carbocycles. The Bertz CT molecular complexity index is 618. The van der Waals surface area contributed by atoms with Crippen molar-refractivity contribution >= 4 is 47.0 Å². The zero-order valence-corrected chi connectivity index (χ0v) is 14.4. The zero-order valence-electron chi connectivity index (χ0n) is 12.8. The van der Waals surface area contributed by atoms with Crippen molar-refractivity contribution in [3.8, 4) is 0 Å². The van der Waals surface area contributed by atoms with Crippen molar-refractivity contribution in [1.82, 2.24) is 5.32 Å². The fourth-order valence-corrected chi connectivity index (χ4v) is 2.32. The van der Waals surface area contributed by atoms with Crippen molar-refractivity contribution in [2.24, 2.45) is 5.73 Å². The van der Waals surface area contributed by atoms with Crippen LogP contribution < -0.4 is 16.4 Å². The second-order valence-electron chi connectivity index (χ2n) is 4.62. The standard InChI is InChI=1S/C14H17ClFN3O4S/c1-24-5-4-10(19-14(17)22)13(21)23-7-12(20)18-11-6-8(15)2-3-9(11)16/h2-3,6,10H,4-5,7H2,1H3,(H,18,20)(H3,17,19,22)/t10-/m0/s1. The van der Waals surface area contributed by atoms with Gasteiger partial charge in [-0.15, -0.1) is 0 Å². The summed E-state index contributed by atoms with van der Waals surface area (Å²) in [4.78, 5) is 34.5. The van der Waals surface area contributed by atoms with Gasteiger partial charge >= 0.3 is 12.0 Å². The Morgan fingerprint density at radius 2 is 2.12 bits per heavy atom. The minimum Gasteiger partial charge on any atom is -0.454 e. The number of hydrogen-bond acceptors (Lipinski definition) is 5. The zero-order chi connectivity index (χ0) is 18.1. The Morgan fingerprint density at radius 3 is 2.75 bits per heavy atom. The third-order valence-electron chi connectivity index (χ3n) is 2.76. The van der Waals surface area contributed by atoms with E-state index in [9.17, 15) is 18.8 Å². The minimum absolute atomic E-state index is 0.127. The van der Waals surface area contributed by atoms with E-state index in [1.54, 1.807) is 0 Å².